The zero-order valence-electron chi connectivity index (χ0n) is 17.1. The molecule has 1 N–H and O–H groups in total. The minimum atomic E-state index is -0.931. The van der Waals surface area contributed by atoms with E-state index in [1.54, 1.807) is 30.3 Å². The van der Waals surface area contributed by atoms with Crippen molar-refractivity contribution in [2.75, 3.05) is 24.6 Å². The number of ether oxygens (including phenoxy) is 1. The largest absolute Gasteiger partial charge is 0.454 e. The Morgan fingerprint density at radius 2 is 2.03 bits per heavy atom. The van der Waals surface area contributed by atoms with Crippen LogP contribution in [0.25, 0.3) is 0 Å². The van der Waals surface area contributed by atoms with E-state index in [0.29, 0.717) is 12.1 Å². The number of nitrogens with one attached hydrogen (secondary N) is 1. The molecule has 1 spiro atoms. The van der Waals surface area contributed by atoms with Crippen LogP contribution in [-0.2, 0) is 19.1 Å². The van der Waals surface area contributed by atoms with Gasteiger partial charge in [0, 0.05) is 12.2 Å². The second-order valence-electron chi connectivity index (χ2n) is 7.73. The number of nitrogens with zero attached hydrogens (tertiary/aromatic N) is 2. The molecule has 1 saturated heterocycles. The molecule has 8 nitrogen and oxygen atoms in total. The standard InChI is InChI=1S/C22H27N3O5/c1-3-13-24(17-10-5-4-6-11-17)18(26)15-30-19(27)14-25-20(28)22(23-21(25)29)12-8-7-9-16(22)2/h3-6,10-11,16H,1,7-9,12-15H2,2H3,(H,23,29)/t16-,22+/m0/s1. The number of para-hydroxylation sites is 1. The molecule has 1 heterocycles. The van der Waals surface area contributed by atoms with Crippen LogP contribution in [0.5, 0.6) is 0 Å². The fourth-order valence-electron chi connectivity index (χ4n) is 4.12. The monoisotopic (exact) mass is 413 g/mol. The van der Waals surface area contributed by atoms with Gasteiger partial charge in [-0.15, -0.1) is 6.58 Å². The van der Waals surface area contributed by atoms with E-state index in [0.717, 1.165) is 24.2 Å². The minimum absolute atomic E-state index is 0.00336. The minimum Gasteiger partial charge on any atom is -0.454 e. The van der Waals surface area contributed by atoms with Crippen LogP contribution >= 0.6 is 0 Å². The second-order valence-corrected chi connectivity index (χ2v) is 7.73. The second kappa shape index (κ2) is 9.11. The highest BCUT2D eigenvalue weighted by atomic mass is 16.5. The molecule has 4 amide bonds. The summed E-state index contributed by atoms with van der Waals surface area (Å²) in [6, 6.07) is 8.37. The third-order valence-electron chi connectivity index (χ3n) is 5.83. The lowest BCUT2D eigenvalue weighted by molar-refractivity contribution is -0.151. The highest BCUT2D eigenvalue weighted by Crippen LogP contribution is 2.38. The zero-order valence-corrected chi connectivity index (χ0v) is 17.1. The third-order valence-corrected chi connectivity index (χ3v) is 5.83. The predicted molar refractivity (Wildman–Crippen MR) is 111 cm³/mol. The Morgan fingerprint density at radius 1 is 1.30 bits per heavy atom. The Bertz CT molecular complexity index is 840. The lowest BCUT2D eigenvalue weighted by Gasteiger charge is -2.36. The quantitative estimate of drug-likeness (QED) is 0.420. The van der Waals surface area contributed by atoms with Gasteiger partial charge in [0.25, 0.3) is 11.8 Å². The third kappa shape index (κ3) is 4.22. The Hall–Kier alpha value is -3.16. The van der Waals surface area contributed by atoms with E-state index in [9.17, 15) is 19.2 Å². The van der Waals surface area contributed by atoms with E-state index < -0.39 is 36.6 Å². The lowest BCUT2D eigenvalue weighted by atomic mass is 9.73. The number of esters is 1. The van der Waals surface area contributed by atoms with Crippen LogP contribution in [0, 0.1) is 5.92 Å². The van der Waals surface area contributed by atoms with E-state index >= 15 is 0 Å². The molecule has 1 aromatic carbocycles. The number of hydrogen-bond acceptors (Lipinski definition) is 5. The van der Waals surface area contributed by atoms with Crippen LogP contribution in [0.1, 0.15) is 32.6 Å². The molecule has 1 aliphatic heterocycles. The van der Waals surface area contributed by atoms with Crippen molar-refractivity contribution < 1.29 is 23.9 Å². The van der Waals surface area contributed by atoms with Crippen molar-refractivity contribution in [2.24, 2.45) is 5.92 Å². The fourth-order valence-corrected chi connectivity index (χ4v) is 4.12. The molecule has 8 heteroatoms. The molecule has 2 fully saturated rings. The van der Waals surface area contributed by atoms with E-state index in [4.69, 9.17) is 4.74 Å². The number of hydrogen-bond donors (Lipinski definition) is 1. The summed E-state index contributed by atoms with van der Waals surface area (Å²) in [6.45, 7) is 4.84. The number of urea groups is 1. The van der Waals surface area contributed by atoms with Crippen molar-refractivity contribution in [1.82, 2.24) is 10.2 Å². The van der Waals surface area contributed by atoms with Gasteiger partial charge in [-0.05, 0) is 30.9 Å². The summed E-state index contributed by atoms with van der Waals surface area (Å²) in [6.07, 6.45) is 4.85. The van der Waals surface area contributed by atoms with Crippen molar-refractivity contribution in [3.63, 3.8) is 0 Å². The highest BCUT2D eigenvalue weighted by molar-refractivity contribution is 6.09. The van der Waals surface area contributed by atoms with Gasteiger partial charge in [-0.2, -0.15) is 0 Å². The summed E-state index contributed by atoms with van der Waals surface area (Å²) in [5.41, 5.74) is -0.278. The molecular weight excluding hydrogens is 386 g/mol. The summed E-state index contributed by atoms with van der Waals surface area (Å²) < 4.78 is 5.08. The molecule has 1 aromatic rings. The van der Waals surface area contributed by atoms with Gasteiger partial charge in [-0.25, -0.2) is 4.79 Å². The maximum absolute atomic E-state index is 12.9. The first kappa shape index (κ1) is 21.5. The van der Waals surface area contributed by atoms with Crippen LogP contribution in [0.2, 0.25) is 0 Å². The molecule has 3 rings (SSSR count). The predicted octanol–water partition coefficient (Wildman–Crippen LogP) is 2.25. The van der Waals surface area contributed by atoms with Crippen LogP contribution in [0.4, 0.5) is 10.5 Å². The number of rotatable bonds is 7. The van der Waals surface area contributed by atoms with Crippen LogP contribution in [0.15, 0.2) is 43.0 Å². The summed E-state index contributed by atoms with van der Waals surface area (Å²) in [4.78, 5) is 52.4. The first-order chi connectivity index (χ1) is 14.4. The summed E-state index contributed by atoms with van der Waals surface area (Å²) in [5, 5.41) is 2.79. The van der Waals surface area contributed by atoms with Crippen molar-refractivity contribution in [3.05, 3.63) is 43.0 Å². The molecule has 2 atom stereocenters. The van der Waals surface area contributed by atoms with E-state index in [1.165, 1.54) is 4.90 Å². The SMILES string of the molecule is C=CCN(C(=O)COC(=O)CN1C(=O)N[C@@]2(CCCC[C@@H]2C)C1=O)c1ccccc1. The van der Waals surface area contributed by atoms with Gasteiger partial charge in [0.1, 0.15) is 12.1 Å². The van der Waals surface area contributed by atoms with Crippen molar-refractivity contribution in [2.45, 2.75) is 38.1 Å². The van der Waals surface area contributed by atoms with Gasteiger partial charge in [0.05, 0.1) is 0 Å². The van der Waals surface area contributed by atoms with Crippen molar-refractivity contribution >= 4 is 29.5 Å². The molecule has 1 saturated carbocycles. The molecule has 1 aliphatic carbocycles. The first-order valence-corrected chi connectivity index (χ1v) is 10.1. The molecular formula is C22H27N3O5. The molecule has 2 aliphatic rings. The smallest absolute Gasteiger partial charge is 0.326 e. The fraction of sp³-hybridized carbons (Fsp3) is 0.455. The number of carbonyl (C=O) groups is 4. The van der Waals surface area contributed by atoms with Crippen molar-refractivity contribution in [3.8, 4) is 0 Å². The van der Waals surface area contributed by atoms with Crippen molar-refractivity contribution in [1.29, 1.82) is 0 Å². The van der Waals surface area contributed by atoms with Crippen LogP contribution in [0.3, 0.4) is 0 Å². The Balaban J connectivity index is 1.59. The van der Waals surface area contributed by atoms with E-state index in [-0.39, 0.29) is 18.4 Å². The van der Waals surface area contributed by atoms with Gasteiger partial charge >= 0.3 is 12.0 Å². The van der Waals surface area contributed by atoms with Gasteiger partial charge in [0.2, 0.25) is 0 Å². The van der Waals surface area contributed by atoms with E-state index in [1.807, 2.05) is 13.0 Å². The van der Waals surface area contributed by atoms with Crippen LogP contribution in [-0.4, -0.2) is 54.0 Å². The van der Waals surface area contributed by atoms with Gasteiger partial charge in [0.15, 0.2) is 6.61 Å². The average molecular weight is 413 g/mol. The maximum Gasteiger partial charge on any atom is 0.326 e. The molecule has 0 unspecified atom stereocenters. The van der Waals surface area contributed by atoms with Gasteiger partial charge in [-0.3, -0.25) is 19.3 Å². The Labute approximate surface area is 175 Å². The zero-order chi connectivity index (χ0) is 21.7. The van der Waals surface area contributed by atoms with Gasteiger partial charge < -0.3 is 15.0 Å². The molecule has 30 heavy (non-hydrogen) atoms. The molecule has 0 bridgehead atoms. The van der Waals surface area contributed by atoms with Gasteiger partial charge in [-0.1, -0.05) is 44.0 Å². The summed E-state index contributed by atoms with van der Waals surface area (Å²) >= 11 is 0. The number of anilines is 1. The van der Waals surface area contributed by atoms with Crippen LogP contribution < -0.4 is 10.2 Å². The first-order valence-electron chi connectivity index (χ1n) is 10.1. The topological polar surface area (TPSA) is 96.0 Å². The molecule has 0 aromatic heterocycles. The lowest BCUT2D eigenvalue weighted by Crippen LogP contribution is -2.54. The number of imide groups is 1. The Morgan fingerprint density at radius 3 is 2.70 bits per heavy atom. The summed E-state index contributed by atoms with van der Waals surface area (Å²) in [5.74, 6) is -1.62. The number of benzene rings is 1. The van der Waals surface area contributed by atoms with E-state index in [2.05, 4.69) is 11.9 Å². The summed E-state index contributed by atoms with van der Waals surface area (Å²) in [7, 11) is 0. The Kier molecular flexibility index (Phi) is 6.54. The average Bonchev–Trinajstić information content (AvgIpc) is 2.98. The molecule has 0 radical (unpaired) electrons. The normalized spacial score (nSPS) is 23.2. The number of carbonyl (C=O) groups excluding carboxylic acids is 4. The number of amides is 4. The highest BCUT2D eigenvalue weighted by Gasteiger charge is 2.55. The molecule has 160 valence electrons. The maximum atomic E-state index is 12.9.